The number of alkyl carbamates (subject to hydrolysis) is 1. The minimum absolute atomic E-state index is 0.0429. The van der Waals surface area contributed by atoms with Crippen molar-refractivity contribution in [2.45, 2.75) is 154 Å². The SMILES string of the molecule is CCC(OC)C(C)C1OC1C(O)C(C)/C=C/C=C(\C)C1OC(=O)CC(O[Si](CC)(CC)CC)CCC(C)(O)C(OC(=O)NCCN2CCOCC2)/C=C/C1C. The highest BCUT2D eigenvalue weighted by atomic mass is 28.4. The summed E-state index contributed by atoms with van der Waals surface area (Å²) in [6.45, 7) is 22.2. The van der Waals surface area contributed by atoms with Crippen LogP contribution in [0.4, 0.5) is 4.79 Å². The second-order valence-corrected chi connectivity index (χ2v) is 20.9. The molecule has 0 aromatic rings. The molecule has 0 saturated carbocycles. The van der Waals surface area contributed by atoms with Crippen molar-refractivity contribution in [3.05, 3.63) is 36.0 Å². The van der Waals surface area contributed by atoms with Crippen LogP contribution in [0.25, 0.3) is 0 Å². The lowest BCUT2D eigenvalue weighted by molar-refractivity contribution is -0.151. The number of nitrogens with one attached hydrogen (secondary N) is 1. The van der Waals surface area contributed by atoms with Crippen molar-refractivity contribution in [2.24, 2.45) is 17.8 Å². The molecule has 0 radical (unpaired) electrons. The molecule has 0 aliphatic carbocycles. The van der Waals surface area contributed by atoms with Gasteiger partial charge in [-0.2, -0.15) is 0 Å². The summed E-state index contributed by atoms with van der Waals surface area (Å²) in [7, 11) is -0.415. The summed E-state index contributed by atoms with van der Waals surface area (Å²) in [5.41, 5.74) is -0.622. The summed E-state index contributed by atoms with van der Waals surface area (Å²) in [6, 6.07) is 2.75. The minimum Gasteiger partial charge on any atom is -0.457 e. The van der Waals surface area contributed by atoms with Gasteiger partial charge in [-0.25, -0.2) is 4.79 Å². The number of epoxide rings is 1. The van der Waals surface area contributed by atoms with Crippen LogP contribution in [0.15, 0.2) is 36.0 Å². The average molecular weight is 795 g/mol. The lowest BCUT2D eigenvalue weighted by atomic mass is 9.88. The molecule has 11 unspecified atom stereocenters. The third-order valence-corrected chi connectivity index (χ3v) is 16.9. The van der Waals surface area contributed by atoms with Gasteiger partial charge in [-0.05, 0) is 62.9 Å². The van der Waals surface area contributed by atoms with Crippen LogP contribution in [0.3, 0.4) is 0 Å². The van der Waals surface area contributed by atoms with Crippen LogP contribution in [-0.4, -0.2) is 130 Å². The molecule has 0 spiro atoms. The summed E-state index contributed by atoms with van der Waals surface area (Å²) in [5, 5.41) is 25.8. The lowest BCUT2D eigenvalue weighted by Gasteiger charge is -2.36. The highest BCUT2D eigenvalue weighted by Gasteiger charge is 2.50. The highest BCUT2D eigenvalue weighted by molar-refractivity contribution is 6.73. The standard InChI is InChI=1S/C42H74N2O10Si/c1-11-34(49-10)32(8)39-40(53-39)37(46)29(5)16-15-17-30(6)38-31(7)18-19-35(51-41(47)43-22-23-44-24-26-50-27-25-44)42(9,48)21-20-33(28-36(45)52-38)54-55(12-2,13-3)14-4/h15-19,29,31-35,37-40,46,48H,11-14,20-28H2,1-10H3,(H,43,47)/b16-15+,19-18+,30-17+. The smallest absolute Gasteiger partial charge is 0.407 e. The number of methoxy groups -OCH3 is 1. The molecule has 3 rings (SSSR count). The number of allylic oxidation sites excluding steroid dienone is 2. The van der Waals surface area contributed by atoms with Crippen LogP contribution in [-0.2, 0) is 32.9 Å². The molecule has 2 fully saturated rings. The normalized spacial score (nSPS) is 31.7. The predicted octanol–water partition coefficient (Wildman–Crippen LogP) is 6.17. The van der Waals surface area contributed by atoms with E-state index in [-0.39, 0.29) is 54.9 Å². The second kappa shape index (κ2) is 22.7. The number of rotatable bonds is 18. The molecule has 0 bridgehead atoms. The van der Waals surface area contributed by atoms with Gasteiger partial charge in [0.05, 0.1) is 44.1 Å². The van der Waals surface area contributed by atoms with Crippen LogP contribution in [0.2, 0.25) is 18.1 Å². The van der Waals surface area contributed by atoms with Crippen molar-refractivity contribution in [2.75, 3.05) is 46.5 Å². The zero-order valence-electron chi connectivity index (χ0n) is 35.5. The molecule has 3 aliphatic rings. The maximum atomic E-state index is 13.7. The van der Waals surface area contributed by atoms with Crippen LogP contribution in [0.1, 0.15) is 88.0 Å². The second-order valence-electron chi connectivity index (χ2n) is 16.2. The number of nitrogens with zero attached hydrogens (tertiary/aromatic N) is 1. The van der Waals surface area contributed by atoms with Crippen molar-refractivity contribution in [1.82, 2.24) is 10.2 Å². The van der Waals surface area contributed by atoms with Crippen molar-refractivity contribution in [3.8, 4) is 0 Å². The molecule has 12 nitrogen and oxygen atoms in total. The van der Waals surface area contributed by atoms with Crippen molar-refractivity contribution in [3.63, 3.8) is 0 Å². The number of cyclic esters (lactones) is 1. The number of aliphatic hydroxyl groups excluding tert-OH is 1. The Hall–Kier alpha value is -2.10. The number of hydrogen-bond acceptors (Lipinski definition) is 11. The number of morpholine rings is 1. The van der Waals surface area contributed by atoms with E-state index in [1.807, 2.05) is 45.1 Å². The fourth-order valence-corrected chi connectivity index (χ4v) is 10.8. The molecule has 13 heteroatoms. The zero-order valence-corrected chi connectivity index (χ0v) is 36.5. The summed E-state index contributed by atoms with van der Waals surface area (Å²) in [4.78, 5) is 29.0. The van der Waals surface area contributed by atoms with E-state index in [4.69, 9.17) is 28.1 Å². The number of hydrogen-bond donors (Lipinski definition) is 3. The molecule has 11 atom stereocenters. The van der Waals surface area contributed by atoms with Gasteiger partial charge in [-0.1, -0.05) is 72.8 Å². The largest absolute Gasteiger partial charge is 0.457 e. The van der Waals surface area contributed by atoms with E-state index in [2.05, 4.69) is 44.8 Å². The molecule has 1 amide bonds. The van der Waals surface area contributed by atoms with E-state index in [0.717, 1.165) is 43.2 Å². The number of aliphatic hydroxyl groups is 2. The van der Waals surface area contributed by atoms with E-state index in [9.17, 15) is 19.8 Å². The zero-order chi connectivity index (χ0) is 40.8. The van der Waals surface area contributed by atoms with Gasteiger partial charge in [0.15, 0.2) is 14.4 Å². The van der Waals surface area contributed by atoms with Crippen LogP contribution in [0, 0.1) is 17.8 Å². The van der Waals surface area contributed by atoms with Gasteiger partial charge in [0.2, 0.25) is 0 Å². The Balaban J connectivity index is 1.81. The Morgan fingerprint density at radius 3 is 2.42 bits per heavy atom. The summed E-state index contributed by atoms with van der Waals surface area (Å²) >= 11 is 0. The van der Waals surface area contributed by atoms with Gasteiger partial charge >= 0.3 is 12.1 Å². The van der Waals surface area contributed by atoms with Gasteiger partial charge in [0, 0.05) is 51.0 Å². The number of ether oxygens (including phenoxy) is 5. The Labute approximate surface area is 332 Å². The first kappa shape index (κ1) is 47.3. The fourth-order valence-electron chi connectivity index (χ4n) is 7.88. The molecular formula is C42H74N2O10Si. The van der Waals surface area contributed by atoms with E-state index in [1.165, 1.54) is 0 Å². The number of carbonyl (C=O) groups is 2. The van der Waals surface area contributed by atoms with E-state index >= 15 is 0 Å². The predicted molar refractivity (Wildman–Crippen MR) is 217 cm³/mol. The van der Waals surface area contributed by atoms with Gasteiger partial charge in [-0.3, -0.25) is 9.69 Å². The highest BCUT2D eigenvalue weighted by Crippen LogP contribution is 2.38. The summed E-state index contributed by atoms with van der Waals surface area (Å²) in [5.74, 6) is -0.687. The maximum absolute atomic E-state index is 13.7. The molecule has 3 aliphatic heterocycles. The number of carbonyl (C=O) groups excluding carboxylic acids is 2. The third kappa shape index (κ3) is 14.3. The summed E-state index contributed by atoms with van der Waals surface area (Å²) in [6.07, 6.45) is 7.36. The number of amides is 1. The Morgan fingerprint density at radius 1 is 1.13 bits per heavy atom. The maximum Gasteiger partial charge on any atom is 0.407 e. The molecule has 0 aromatic carbocycles. The molecule has 3 N–H and O–H groups in total. The van der Waals surface area contributed by atoms with Crippen molar-refractivity contribution < 1.29 is 47.9 Å². The van der Waals surface area contributed by atoms with Crippen LogP contribution in [0.5, 0.6) is 0 Å². The van der Waals surface area contributed by atoms with Gasteiger partial charge in [0.25, 0.3) is 0 Å². The van der Waals surface area contributed by atoms with Crippen LogP contribution < -0.4 is 5.32 Å². The quantitative estimate of drug-likeness (QED) is 0.0481. The van der Waals surface area contributed by atoms with Gasteiger partial charge < -0.3 is 43.6 Å². The first-order chi connectivity index (χ1) is 26.1. The van der Waals surface area contributed by atoms with Crippen LogP contribution >= 0.6 is 0 Å². The molecular weight excluding hydrogens is 721 g/mol. The first-order valence-corrected chi connectivity index (χ1v) is 23.4. The fraction of sp³-hybridized carbons (Fsp3) is 0.810. The average Bonchev–Trinajstić information content (AvgIpc) is 3.98. The van der Waals surface area contributed by atoms with Gasteiger partial charge in [0.1, 0.15) is 17.8 Å². The van der Waals surface area contributed by atoms with E-state index < -0.39 is 44.4 Å². The molecule has 3 heterocycles. The Bertz CT molecular complexity index is 1250. The summed E-state index contributed by atoms with van der Waals surface area (Å²) < 4.78 is 35.9. The first-order valence-electron chi connectivity index (χ1n) is 20.9. The van der Waals surface area contributed by atoms with Gasteiger partial charge in [-0.15, -0.1) is 0 Å². The Morgan fingerprint density at radius 2 is 1.80 bits per heavy atom. The molecule has 0 aromatic heterocycles. The number of esters is 1. The monoisotopic (exact) mass is 795 g/mol. The van der Waals surface area contributed by atoms with Crippen molar-refractivity contribution >= 4 is 20.4 Å². The van der Waals surface area contributed by atoms with Crippen molar-refractivity contribution in [1.29, 1.82) is 0 Å². The lowest BCUT2D eigenvalue weighted by Crippen LogP contribution is -2.46. The molecule has 316 valence electrons. The minimum atomic E-state index is -2.12. The molecule has 2 saturated heterocycles. The topological polar surface area (TPSA) is 149 Å². The Kier molecular flexibility index (Phi) is 19.5. The molecule has 55 heavy (non-hydrogen) atoms. The third-order valence-electron chi connectivity index (χ3n) is 12.2. The van der Waals surface area contributed by atoms with E-state index in [0.29, 0.717) is 32.7 Å². The van der Waals surface area contributed by atoms with E-state index in [1.54, 1.807) is 20.1 Å².